The van der Waals surface area contributed by atoms with Crippen molar-refractivity contribution in [1.29, 1.82) is 0 Å². The highest BCUT2D eigenvalue weighted by Crippen LogP contribution is 2.26. The molecule has 8 heteroatoms. The Labute approximate surface area is 154 Å². The van der Waals surface area contributed by atoms with Gasteiger partial charge in [-0.1, -0.05) is 11.6 Å². The maximum Gasteiger partial charge on any atom is 0.238 e. The number of nitrogens with two attached hydrogens (primary N) is 2. The van der Waals surface area contributed by atoms with E-state index in [1.54, 1.807) is 24.3 Å². The number of amides is 1. The van der Waals surface area contributed by atoms with Gasteiger partial charge in [-0.15, -0.1) is 0 Å². The Hall–Kier alpha value is -3.19. The van der Waals surface area contributed by atoms with Gasteiger partial charge in [0.05, 0.1) is 6.42 Å². The van der Waals surface area contributed by atoms with Crippen molar-refractivity contribution in [3.05, 3.63) is 71.3 Å². The van der Waals surface area contributed by atoms with Crippen LogP contribution < -0.4 is 16.4 Å². The Bertz CT molecular complexity index is 900. The number of hydrogen-bond acceptors (Lipinski definition) is 5. The molecule has 0 bridgehead atoms. The molecule has 0 saturated heterocycles. The standard InChI is InChI=1S/C18H15ClFN5O/c19-12-5-11(6-13(20)8-12)7-18(26)25(16-9-14(21)1-3-23-16)17-10-15(22)2-4-24-17/h1-6,8-10H,7H2,(H2,21,23)(H2,22,24). The topological polar surface area (TPSA) is 98.1 Å². The van der Waals surface area contributed by atoms with Gasteiger partial charge in [0.2, 0.25) is 5.91 Å². The van der Waals surface area contributed by atoms with Crippen LogP contribution in [0.5, 0.6) is 0 Å². The molecular formula is C18H15ClFN5O. The van der Waals surface area contributed by atoms with Crippen molar-refractivity contribution in [3.63, 3.8) is 0 Å². The molecule has 0 radical (unpaired) electrons. The minimum atomic E-state index is -0.518. The summed E-state index contributed by atoms with van der Waals surface area (Å²) in [5, 5.41) is 0.212. The highest BCUT2D eigenvalue weighted by atomic mass is 35.5. The van der Waals surface area contributed by atoms with E-state index in [0.717, 1.165) is 0 Å². The fraction of sp³-hybridized carbons (Fsp3) is 0.0556. The molecule has 1 aromatic carbocycles. The van der Waals surface area contributed by atoms with Crippen LogP contribution in [0.2, 0.25) is 5.02 Å². The molecule has 6 nitrogen and oxygen atoms in total. The molecule has 132 valence electrons. The average molecular weight is 372 g/mol. The summed E-state index contributed by atoms with van der Waals surface area (Å²) < 4.78 is 13.6. The van der Waals surface area contributed by atoms with Crippen LogP contribution in [-0.4, -0.2) is 15.9 Å². The lowest BCUT2D eigenvalue weighted by atomic mass is 10.1. The molecule has 4 N–H and O–H groups in total. The van der Waals surface area contributed by atoms with Crippen LogP contribution in [0, 0.1) is 5.82 Å². The van der Waals surface area contributed by atoms with Crippen LogP contribution >= 0.6 is 11.6 Å². The number of carbonyl (C=O) groups excluding carboxylic acids is 1. The van der Waals surface area contributed by atoms with Gasteiger partial charge in [0.25, 0.3) is 0 Å². The van der Waals surface area contributed by atoms with Gasteiger partial charge in [0, 0.05) is 40.9 Å². The van der Waals surface area contributed by atoms with E-state index in [1.807, 2.05) is 0 Å². The number of aromatic nitrogens is 2. The maximum absolute atomic E-state index is 13.6. The minimum Gasteiger partial charge on any atom is -0.399 e. The van der Waals surface area contributed by atoms with Crippen LogP contribution in [0.25, 0.3) is 0 Å². The number of hydrogen-bond donors (Lipinski definition) is 2. The number of pyridine rings is 2. The lowest BCUT2D eigenvalue weighted by molar-refractivity contribution is -0.117. The lowest BCUT2D eigenvalue weighted by Gasteiger charge is -2.21. The fourth-order valence-corrected chi connectivity index (χ4v) is 2.70. The van der Waals surface area contributed by atoms with Crippen molar-refractivity contribution in [2.45, 2.75) is 6.42 Å². The van der Waals surface area contributed by atoms with Gasteiger partial charge in [-0.3, -0.25) is 4.79 Å². The summed E-state index contributed by atoms with van der Waals surface area (Å²) in [6, 6.07) is 10.2. The third-order valence-corrected chi connectivity index (χ3v) is 3.74. The van der Waals surface area contributed by atoms with Crippen molar-refractivity contribution in [2.75, 3.05) is 16.4 Å². The second kappa shape index (κ2) is 7.37. The molecular weight excluding hydrogens is 357 g/mol. The number of benzene rings is 1. The summed E-state index contributed by atoms with van der Waals surface area (Å²) in [4.78, 5) is 22.6. The zero-order valence-corrected chi connectivity index (χ0v) is 14.3. The fourth-order valence-electron chi connectivity index (χ4n) is 2.45. The van der Waals surface area contributed by atoms with Gasteiger partial charge in [-0.25, -0.2) is 19.3 Å². The van der Waals surface area contributed by atoms with Gasteiger partial charge >= 0.3 is 0 Å². The average Bonchev–Trinajstić information content (AvgIpc) is 2.54. The molecule has 2 heterocycles. The van der Waals surface area contributed by atoms with E-state index >= 15 is 0 Å². The number of halogens is 2. The second-order valence-corrected chi connectivity index (χ2v) is 6.01. The van der Waals surface area contributed by atoms with Crippen molar-refractivity contribution < 1.29 is 9.18 Å². The molecule has 1 amide bonds. The van der Waals surface area contributed by atoms with E-state index in [0.29, 0.717) is 16.9 Å². The first-order chi connectivity index (χ1) is 12.4. The zero-order chi connectivity index (χ0) is 18.7. The molecule has 0 atom stereocenters. The van der Waals surface area contributed by atoms with Crippen molar-refractivity contribution in [2.24, 2.45) is 0 Å². The number of carbonyl (C=O) groups is 1. The molecule has 0 aliphatic carbocycles. The quantitative estimate of drug-likeness (QED) is 0.732. The van der Waals surface area contributed by atoms with Crippen LogP contribution in [0.3, 0.4) is 0 Å². The maximum atomic E-state index is 13.6. The Balaban J connectivity index is 2.01. The largest absolute Gasteiger partial charge is 0.399 e. The third kappa shape index (κ3) is 4.07. The van der Waals surface area contributed by atoms with Gasteiger partial charge in [0.1, 0.15) is 17.5 Å². The van der Waals surface area contributed by atoms with Crippen LogP contribution in [0.4, 0.5) is 27.4 Å². The minimum absolute atomic E-state index is 0.107. The summed E-state index contributed by atoms with van der Waals surface area (Å²) in [7, 11) is 0. The normalized spacial score (nSPS) is 10.5. The lowest BCUT2D eigenvalue weighted by Crippen LogP contribution is -2.29. The zero-order valence-electron chi connectivity index (χ0n) is 13.6. The van der Waals surface area contributed by atoms with Crippen molar-refractivity contribution in [1.82, 2.24) is 9.97 Å². The molecule has 0 spiro atoms. The van der Waals surface area contributed by atoms with Crippen molar-refractivity contribution in [3.8, 4) is 0 Å². The Morgan fingerprint density at radius 1 is 1.00 bits per heavy atom. The van der Waals surface area contributed by atoms with E-state index in [2.05, 4.69) is 9.97 Å². The number of anilines is 4. The van der Waals surface area contributed by atoms with Crippen LogP contribution in [0.1, 0.15) is 5.56 Å². The van der Waals surface area contributed by atoms with Crippen molar-refractivity contribution >= 4 is 40.5 Å². The highest BCUT2D eigenvalue weighted by Gasteiger charge is 2.21. The predicted octanol–water partition coefficient (Wildman–Crippen LogP) is 3.34. The molecule has 26 heavy (non-hydrogen) atoms. The van der Waals surface area contributed by atoms with Gasteiger partial charge in [-0.05, 0) is 35.9 Å². The smallest absolute Gasteiger partial charge is 0.238 e. The molecule has 0 aliphatic rings. The number of nitrogens with zero attached hydrogens (tertiary/aromatic N) is 3. The predicted molar refractivity (Wildman–Crippen MR) is 99.6 cm³/mol. The highest BCUT2D eigenvalue weighted by molar-refractivity contribution is 6.30. The Kier molecular flexibility index (Phi) is 4.99. The summed E-state index contributed by atoms with van der Waals surface area (Å²) in [6.07, 6.45) is 2.86. The van der Waals surface area contributed by atoms with E-state index in [1.165, 1.54) is 35.5 Å². The van der Waals surface area contributed by atoms with Crippen LogP contribution in [-0.2, 0) is 11.2 Å². The number of nitrogen functional groups attached to an aromatic ring is 2. The first-order valence-corrected chi connectivity index (χ1v) is 8.01. The van der Waals surface area contributed by atoms with Gasteiger partial charge in [0.15, 0.2) is 0 Å². The summed E-state index contributed by atoms with van der Waals surface area (Å²) in [6.45, 7) is 0. The molecule has 3 aromatic rings. The first-order valence-electron chi connectivity index (χ1n) is 7.63. The Morgan fingerprint density at radius 2 is 1.58 bits per heavy atom. The molecule has 0 unspecified atom stereocenters. The van der Waals surface area contributed by atoms with Gasteiger partial charge < -0.3 is 11.5 Å². The molecule has 3 rings (SSSR count). The molecule has 0 aliphatic heterocycles. The first kappa shape index (κ1) is 17.6. The van der Waals surface area contributed by atoms with Gasteiger partial charge in [-0.2, -0.15) is 0 Å². The number of rotatable bonds is 4. The SMILES string of the molecule is Nc1ccnc(N(C(=O)Cc2cc(F)cc(Cl)c2)c2cc(N)ccn2)c1. The molecule has 2 aromatic heterocycles. The van der Waals surface area contributed by atoms with E-state index < -0.39 is 5.82 Å². The van der Waals surface area contributed by atoms with E-state index in [4.69, 9.17) is 23.1 Å². The molecule has 0 saturated carbocycles. The summed E-state index contributed by atoms with van der Waals surface area (Å²) >= 11 is 5.87. The Morgan fingerprint density at radius 3 is 2.08 bits per heavy atom. The van der Waals surface area contributed by atoms with Crippen LogP contribution in [0.15, 0.2) is 54.9 Å². The summed E-state index contributed by atoms with van der Waals surface area (Å²) in [5.41, 5.74) is 12.9. The summed E-state index contributed by atoms with van der Waals surface area (Å²) in [5.74, 6) is -0.329. The molecule has 0 fully saturated rings. The van der Waals surface area contributed by atoms with E-state index in [-0.39, 0.29) is 29.0 Å². The third-order valence-electron chi connectivity index (χ3n) is 3.52. The monoisotopic (exact) mass is 371 g/mol. The van der Waals surface area contributed by atoms with E-state index in [9.17, 15) is 9.18 Å². The second-order valence-electron chi connectivity index (χ2n) is 5.58.